The van der Waals surface area contributed by atoms with Crippen molar-refractivity contribution in [3.8, 4) is 0 Å². The Balaban J connectivity index is -0.0000000480. The second kappa shape index (κ2) is 29.2. The highest BCUT2D eigenvalue weighted by molar-refractivity contribution is 9.08. The van der Waals surface area contributed by atoms with Gasteiger partial charge in [-0.25, -0.2) is 0 Å². The van der Waals surface area contributed by atoms with E-state index in [1.165, 1.54) is 0 Å². The van der Waals surface area contributed by atoms with Gasteiger partial charge in [0.15, 0.2) is 0 Å². The van der Waals surface area contributed by atoms with Gasteiger partial charge in [-0.05, 0) is 5.83 Å². The van der Waals surface area contributed by atoms with E-state index < -0.39 is 0 Å². The molecule has 0 unspecified atom stereocenters. The van der Waals surface area contributed by atoms with Crippen LogP contribution in [0.3, 0.4) is 0 Å². The van der Waals surface area contributed by atoms with Crippen LogP contribution in [0.4, 0.5) is 0 Å². The average molecular weight is 208 g/mol. The number of hydrogen-bond acceptors (Lipinski definition) is 0. The molecular formula is C4H9BrCl2. The number of allylic oxidation sites excluding steroid dienone is 1. The molecule has 7 heavy (non-hydrogen) atoms. The fraction of sp³-hybridized carbons (Fsp3) is 0.500. The van der Waals surface area contributed by atoms with Crippen molar-refractivity contribution < 1.29 is 0 Å². The molecule has 0 aliphatic carbocycles. The van der Waals surface area contributed by atoms with E-state index in [0.717, 1.165) is 0 Å². The average Bonchev–Trinajstić information content (AvgIpc) is 1.72. The van der Waals surface area contributed by atoms with E-state index in [1.807, 2.05) is 5.83 Å². The molecule has 0 radical (unpaired) electrons. The monoisotopic (exact) mass is 206 g/mol. The minimum absolute atomic E-state index is 0. The van der Waals surface area contributed by atoms with Crippen LogP contribution in [0.25, 0.3) is 0 Å². The highest BCUT2D eigenvalue weighted by atomic mass is 79.9. The van der Waals surface area contributed by atoms with Gasteiger partial charge in [0, 0.05) is 5.88 Å². The summed E-state index contributed by atoms with van der Waals surface area (Å²) in [5, 5.41) is 0. The fourth-order valence-corrected chi connectivity index (χ4v) is 0. The molecule has 0 heterocycles. The van der Waals surface area contributed by atoms with E-state index in [-0.39, 0.29) is 12.4 Å². The highest BCUT2D eigenvalue weighted by Crippen LogP contribution is 1.67. The standard InChI is InChI=1S/C3H5Cl.CH3Br.ClH/c1-2-3-4;1-2;/h2H,1,3H2;1H3;1H. The maximum Gasteiger partial charge on any atom is 0.0401 e. The lowest BCUT2D eigenvalue weighted by atomic mass is 10.8. The van der Waals surface area contributed by atoms with Crippen LogP contribution >= 0.6 is 39.9 Å². The Bertz CT molecular complexity index is 23.7. The van der Waals surface area contributed by atoms with Gasteiger partial charge in [0.25, 0.3) is 0 Å². The molecule has 0 nitrogen and oxygen atoms in total. The van der Waals surface area contributed by atoms with Crippen molar-refractivity contribution in [2.45, 2.75) is 0 Å². The molecule has 0 aromatic heterocycles. The van der Waals surface area contributed by atoms with Crippen molar-refractivity contribution in [2.24, 2.45) is 0 Å². The molecule has 3 heteroatoms. The van der Waals surface area contributed by atoms with Crippen LogP contribution in [0.1, 0.15) is 0 Å². The molecule has 0 amide bonds. The summed E-state index contributed by atoms with van der Waals surface area (Å²) < 4.78 is 0. The van der Waals surface area contributed by atoms with Crippen LogP contribution in [-0.2, 0) is 0 Å². The summed E-state index contributed by atoms with van der Waals surface area (Å²) in [5.74, 6) is 2.37. The molecule has 0 spiro atoms. The lowest BCUT2D eigenvalue weighted by Gasteiger charge is -1.55. The van der Waals surface area contributed by atoms with E-state index in [2.05, 4.69) is 22.5 Å². The largest absolute Gasteiger partial charge is 0.147 e. The molecule has 0 aromatic rings. The van der Waals surface area contributed by atoms with Crippen LogP contribution in [0.5, 0.6) is 0 Å². The summed E-state index contributed by atoms with van der Waals surface area (Å²) in [4.78, 5) is 0. The molecule has 0 rings (SSSR count). The van der Waals surface area contributed by atoms with Crippen LogP contribution in [0.15, 0.2) is 12.7 Å². The smallest absolute Gasteiger partial charge is 0.0401 e. The lowest BCUT2D eigenvalue weighted by molar-refractivity contribution is 1.80. The number of alkyl halides is 2. The normalized spacial score (nSPS) is 4.43. The Morgan fingerprint density at radius 3 is 1.86 bits per heavy atom. The molecule has 0 fully saturated rings. The van der Waals surface area contributed by atoms with Crippen LogP contribution in [-0.4, -0.2) is 11.7 Å². The van der Waals surface area contributed by atoms with Gasteiger partial charge >= 0.3 is 0 Å². The van der Waals surface area contributed by atoms with E-state index in [0.29, 0.717) is 5.88 Å². The van der Waals surface area contributed by atoms with Gasteiger partial charge in [-0.2, -0.15) is 0 Å². The van der Waals surface area contributed by atoms with Crippen molar-refractivity contribution in [3.63, 3.8) is 0 Å². The first kappa shape index (κ1) is 15.7. The lowest BCUT2D eigenvalue weighted by Crippen LogP contribution is -1.45. The second-order valence-electron chi connectivity index (χ2n) is 0.443. The van der Waals surface area contributed by atoms with E-state index in [4.69, 9.17) is 11.6 Å². The van der Waals surface area contributed by atoms with Gasteiger partial charge in [-0.3, -0.25) is 0 Å². The molecule has 0 saturated carbocycles. The zero-order valence-corrected chi connectivity index (χ0v) is 7.31. The summed E-state index contributed by atoms with van der Waals surface area (Å²) in [6, 6.07) is 0. The first-order valence-electron chi connectivity index (χ1n) is 1.46. The molecule has 0 saturated heterocycles. The topological polar surface area (TPSA) is 0 Å². The maximum atomic E-state index is 5.07. The van der Waals surface area contributed by atoms with Gasteiger partial charge in [-0.1, -0.05) is 22.0 Å². The van der Waals surface area contributed by atoms with Crippen LogP contribution in [0, 0.1) is 0 Å². The molecule has 0 aliphatic rings. The van der Waals surface area contributed by atoms with Crippen LogP contribution in [0.2, 0.25) is 0 Å². The second-order valence-corrected chi connectivity index (χ2v) is 0.752. The van der Waals surface area contributed by atoms with Crippen molar-refractivity contribution in [1.82, 2.24) is 0 Å². The molecule has 0 atom stereocenters. The zero-order chi connectivity index (χ0) is 5.41. The van der Waals surface area contributed by atoms with Crippen molar-refractivity contribution >= 4 is 39.9 Å². The summed E-state index contributed by atoms with van der Waals surface area (Å²) in [6.45, 7) is 3.35. The number of halogens is 3. The Hall–Kier alpha value is 0.800. The minimum Gasteiger partial charge on any atom is -0.147 e. The quantitative estimate of drug-likeness (QED) is 0.459. The molecule has 0 bridgehead atoms. The third-order valence-electron chi connectivity index (χ3n) is 0.109. The van der Waals surface area contributed by atoms with Gasteiger partial charge in [0.1, 0.15) is 0 Å². The number of hydrogen-bond donors (Lipinski definition) is 0. The first-order valence-corrected chi connectivity index (χ1v) is 3.58. The molecular weight excluding hydrogens is 199 g/mol. The molecule has 0 aliphatic heterocycles. The van der Waals surface area contributed by atoms with Crippen molar-refractivity contribution in [1.29, 1.82) is 0 Å². The Morgan fingerprint density at radius 1 is 1.71 bits per heavy atom. The van der Waals surface area contributed by atoms with Gasteiger partial charge in [0.2, 0.25) is 0 Å². The van der Waals surface area contributed by atoms with Gasteiger partial charge in [-0.15, -0.1) is 30.6 Å². The highest BCUT2D eigenvalue weighted by Gasteiger charge is 1.48. The van der Waals surface area contributed by atoms with E-state index in [1.54, 1.807) is 6.08 Å². The molecule has 46 valence electrons. The van der Waals surface area contributed by atoms with Crippen molar-refractivity contribution in [3.05, 3.63) is 12.7 Å². The summed E-state index contributed by atoms with van der Waals surface area (Å²) in [6.07, 6.45) is 1.64. The Kier molecular flexibility index (Phi) is 65.3. The van der Waals surface area contributed by atoms with Gasteiger partial charge in [0.05, 0.1) is 0 Å². The Labute approximate surface area is 64.5 Å². The predicted molar refractivity (Wildman–Crippen MR) is 43.0 cm³/mol. The van der Waals surface area contributed by atoms with E-state index >= 15 is 0 Å². The third kappa shape index (κ3) is 48.4. The number of rotatable bonds is 1. The third-order valence-corrected chi connectivity index (χ3v) is 0.327. The minimum atomic E-state index is 0. The molecule has 0 aromatic carbocycles. The first-order chi connectivity index (χ1) is 2.91. The summed E-state index contributed by atoms with van der Waals surface area (Å²) in [5.41, 5.74) is 0. The fourth-order valence-electron chi connectivity index (χ4n) is 0. The Morgan fingerprint density at radius 2 is 1.86 bits per heavy atom. The maximum absolute atomic E-state index is 5.07. The van der Waals surface area contributed by atoms with Gasteiger partial charge < -0.3 is 0 Å². The molecule has 0 N–H and O–H groups in total. The zero-order valence-electron chi connectivity index (χ0n) is 4.16. The van der Waals surface area contributed by atoms with Crippen molar-refractivity contribution in [2.75, 3.05) is 11.7 Å². The summed E-state index contributed by atoms with van der Waals surface area (Å²) in [7, 11) is 0. The predicted octanol–water partition coefficient (Wildman–Crippen LogP) is 2.84. The SMILES string of the molecule is C=CCCl.CBr.Cl. The van der Waals surface area contributed by atoms with Crippen LogP contribution < -0.4 is 0 Å². The van der Waals surface area contributed by atoms with E-state index in [9.17, 15) is 0 Å². The summed E-state index contributed by atoms with van der Waals surface area (Å²) >= 11 is 8.01.